The molecule has 4 rings (SSSR count). The van der Waals surface area contributed by atoms with Crippen molar-refractivity contribution in [2.24, 2.45) is 0 Å². The maximum atomic E-state index is 12.9. The van der Waals surface area contributed by atoms with E-state index >= 15 is 0 Å². The second-order valence-corrected chi connectivity index (χ2v) is 8.57. The number of para-hydroxylation sites is 1. The van der Waals surface area contributed by atoms with Crippen LogP contribution in [0.15, 0.2) is 76.2 Å². The third-order valence-electron chi connectivity index (χ3n) is 5.29. The van der Waals surface area contributed by atoms with Gasteiger partial charge in [0, 0.05) is 17.1 Å². The Hall–Kier alpha value is -3.52. The first-order chi connectivity index (χ1) is 16.0. The van der Waals surface area contributed by atoms with E-state index < -0.39 is 12.1 Å². The molecule has 1 aliphatic heterocycles. The van der Waals surface area contributed by atoms with E-state index in [4.69, 9.17) is 9.15 Å². The summed E-state index contributed by atoms with van der Waals surface area (Å²) in [5.74, 6) is -0.241. The van der Waals surface area contributed by atoms with Crippen molar-refractivity contribution >= 4 is 35.2 Å². The number of anilines is 1. The van der Waals surface area contributed by atoms with Crippen molar-refractivity contribution in [1.82, 2.24) is 5.32 Å². The first kappa shape index (κ1) is 22.7. The maximum Gasteiger partial charge on any atom is 0.340 e. The number of furan rings is 1. The van der Waals surface area contributed by atoms with E-state index in [-0.39, 0.29) is 17.6 Å². The minimum absolute atomic E-state index is 0.129. The summed E-state index contributed by atoms with van der Waals surface area (Å²) in [7, 11) is 0. The van der Waals surface area contributed by atoms with Crippen molar-refractivity contribution in [3.05, 3.63) is 83.8 Å². The largest absolute Gasteiger partial charge is 0.467 e. The average molecular weight is 465 g/mol. The van der Waals surface area contributed by atoms with Crippen LogP contribution in [0.25, 0.3) is 0 Å². The van der Waals surface area contributed by atoms with Crippen LogP contribution in [0, 0.1) is 0 Å². The van der Waals surface area contributed by atoms with E-state index in [9.17, 15) is 14.4 Å². The van der Waals surface area contributed by atoms with E-state index in [1.54, 1.807) is 54.5 Å². The van der Waals surface area contributed by atoms with Crippen molar-refractivity contribution in [2.45, 2.75) is 30.9 Å². The Bertz CT molecular complexity index is 1150. The molecule has 0 radical (unpaired) electrons. The monoisotopic (exact) mass is 464 g/mol. The van der Waals surface area contributed by atoms with Gasteiger partial charge in [0.25, 0.3) is 5.91 Å². The fourth-order valence-corrected chi connectivity index (χ4v) is 4.49. The zero-order valence-corrected chi connectivity index (χ0v) is 19.0. The average Bonchev–Trinajstić information content (AvgIpc) is 3.51. The molecule has 0 unspecified atom stereocenters. The molecule has 0 fully saturated rings. The summed E-state index contributed by atoms with van der Waals surface area (Å²) in [6.45, 7) is 2.45. The second-order valence-electron chi connectivity index (χ2n) is 7.56. The van der Waals surface area contributed by atoms with Gasteiger partial charge >= 0.3 is 5.97 Å². The number of hydrogen-bond acceptors (Lipinski definition) is 6. The number of amides is 2. The highest BCUT2D eigenvalue weighted by atomic mass is 32.2. The predicted molar refractivity (Wildman–Crippen MR) is 125 cm³/mol. The molecule has 0 aliphatic carbocycles. The predicted octanol–water partition coefficient (Wildman–Crippen LogP) is 3.82. The zero-order valence-electron chi connectivity index (χ0n) is 18.2. The molecular weight excluding hydrogens is 440 g/mol. The fourth-order valence-electron chi connectivity index (χ4n) is 3.62. The number of carbonyl (C=O) groups excluding carboxylic acids is 3. The summed E-state index contributed by atoms with van der Waals surface area (Å²) in [4.78, 5) is 40.2. The van der Waals surface area contributed by atoms with Gasteiger partial charge in [-0.25, -0.2) is 4.79 Å². The first-order valence-electron chi connectivity index (χ1n) is 10.6. The van der Waals surface area contributed by atoms with Crippen molar-refractivity contribution in [3.63, 3.8) is 0 Å². The molecule has 8 heteroatoms. The number of rotatable bonds is 8. The van der Waals surface area contributed by atoms with E-state index in [2.05, 4.69) is 5.32 Å². The quantitative estimate of drug-likeness (QED) is 0.403. The SMILES string of the molecule is C[C@@H](OC(=O)c1ccccc1SCC(=O)NCc1ccco1)C(=O)N1CCc2ccccc21. The lowest BCUT2D eigenvalue weighted by Gasteiger charge is -2.22. The number of benzene rings is 2. The molecule has 1 atom stereocenters. The highest BCUT2D eigenvalue weighted by molar-refractivity contribution is 8.00. The fraction of sp³-hybridized carbons (Fsp3) is 0.240. The molecule has 0 saturated heterocycles. The van der Waals surface area contributed by atoms with E-state index in [1.807, 2.05) is 24.3 Å². The number of ether oxygens (including phenoxy) is 1. The lowest BCUT2D eigenvalue weighted by Crippen LogP contribution is -2.39. The number of thioether (sulfide) groups is 1. The Labute approximate surface area is 196 Å². The maximum absolute atomic E-state index is 12.9. The second kappa shape index (κ2) is 10.4. The van der Waals surface area contributed by atoms with Crippen LogP contribution in [-0.2, 0) is 27.3 Å². The van der Waals surface area contributed by atoms with Crippen LogP contribution < -0.4 is 10.2 Å². The molecular formula is C25H24N2O5S. The Kier molecular flexibility index (Phi) is 7.14. The van der Waals surface area contributed by atoms with Crippen LogP contribution in [-0.4, -0.2) is 36.2 Å². The molecule has 170 valence electrons. The molecule has 1 N–H and O–H groups in total. The van der Waals surface area contributed by atoms with Gasteiger partial charge in [-0.05, 0) is 49.2 Å². The van der Waals surface area contributed by atoms with Gasteiger partial charge < -0.3 is 19.4 Å². The van der Waals surface area contributed by atoms with Crippen LogP contribution in [0.1, 0.15) is 28.6 Å². The van der Waals surface area contributed by atoms with Crippen LogP contribution in [0.3, 0.4) is 0 Å². The molecule has 3 aromatic rings. The number of nitrogens with zero attached hydrogens (tertiary/aromatic N) is 1. The summed E-state index contributed by atoms with van der Waals surface area (Å²) in [5, 5.41) is 2.77. The minimum atomic E-state index is -0.932. The van der Waals surface area contributed by atoms with Crippen molar-refractivity contribution < 1.29 is 23.5 Å². The minimum Gasteiger partial charge on any atom is -0.467 e. The first-order valence-corrected chi connectivity index (χ1v) is 11.6. The van der Waals surface area contributed by atoms with Gasteiger partial charge in [0.2, 0.25) is 5.91 Å². The molecule has 1 aliphatic rings. The van der Waals surface area contributed by atoms with Crippen LogP contribution in [0.4, 0.5) is 5.69 Å². The van der Waals surface area contributed by atoms with Gasteiger partial charge in [-0.3, -0.25) is 9.59 Å². The summed E-state index contributed by atoms with van der Waals surface area (Å²) in [6.07, 6.45) is 1.40. The summed E-state index contributed by atoms with van der Waals surface area (Å²) in [5.41, 5.74) is 2.29. The number of nitrogens with one attached hydrogen (secondary N) is 1. The van der Waals surface area contributed by atoms with Gasteiger partial charge in [0.15, 0.2) is 6.10 Å². The molecule has 2 heterocycles. The highest BCUT2D eigenvalue weighted by Gasteiger charge is 2.30. The Morgan fingerprint density at radius 1 is 1.09 bits per heavy atom. The lowest BCUT2D eigenvalue weighted by molar-refractivity contribution is -0.126. The van der Waals surface area contributed by atoms with E-state index in [0.29, 0.717) is 29.3 Å². The number of carbonyl (C=O) groups is 3. The van der Waals surface area contributed by atoms with Crippen molar-refractivity contribution in [2.75, 3.05) is 17.2 Å². The Morgan fingerprint density at radius 3 is 2.70 bits per heavy atom. The molecule has 0 bridgehead atoms. The van der Waals surface area contributed by atoms with Gasteiger partial charge in [-0.1, -0.05) is 30.3 Å². The molecule has 2 aromatic carbocycles. The molecule has 33 heavy (non-hydrogen) atoms. The third kappa shape index (κ3) is 5.46. The normalized spacial score (nSPS) is 13.3. The van der Waals surface area contributed by atoms with E-state index in [1.165, 1.54) is 11.8 Å². The van der Waals surface area contributed by atoms with Gasteiger partial charge in [0.05, 0.1) is 24.1 Å². The lowest BCUT2D eigenvalue weighted by atomic mass is 10.2. The summed E-state index contributed by atoms with van der Waals surface area (Å²) in [6, 6.07) is 18.2. The van der Waals surface area contributed by atoms with Gasteiger partial charge in [0.1, 0.15) is 5.76 Å². The van der Waals surface area contributed by atoms with E-state index in [0.717, 1.165) is 17.7 Å². The van der Waals surface area contributed by atoms with Crippen LogP contribution in [0.2, 0.25) is 0 Å². The van der Waals surface area contributed by atoms with Crippen LogP contribution >= 0.6 is 11.8 Å². The zero-order chi connectivity index (χ0) is 23.2. The highest BCUT2D eigenvalue weighted by Crippen LogP contribution is 2.29. The molecule has 2 amide bonds. The molecule has 0 spiro atoms. The molecule has 1 aromatic heterocycles. The molecule has 7 nitrogen and oxygen atoms in total. The number of hydrogen-bond donors (Lipinski definition) is 1. The third-order valence-corrected chi connectivity index (χ3v) is 6.36. The standard InChI is InChI=1S/C25H24N2O5S/c1-17(24(29)27-13-12-18-7-2-4-10-21(18)27)32-25(30)20-9-3-5-11-22(20)33-16-23(28)26-15-19-8-6-14-31-19/h2-11,14,17H,12-13,15-16H2,1H3,(H,26,28)/t17-/m1/s1. The molecule has 0 saturated carbocycles. The van der Waals surface area contributed by atoms with Gasteiger partial charge in [-0.2, -0.15) is 0 Å². The number of fused-ring (bicyclic) bond motifs is 1. The number of esters is 1. The van der Waals surface area contributed by atoms with Gasteiger partial charge in [-0.15, -0.1) is 11.8 Å². The topological polar surface area (TPSA) is 88.9 Å². The van der Waals surface area contributed by atoms with Crippen molar-refractivity contribution in [3.8, 4) is 0 Å². The summed E-state index contributed by atoms with van der Waals surface area (Å²) < 4.78 is 10.7. The smallest absolute Gasteiger partial charge is 0.340 e. The summed E-state index contributed by atoms with van der Waals surface area (Å²) >= 11 is 1.23. The van der Waals surface area contributed by atoms with Crippen molar-refractivity contribution in [1.29, 1.82) is 0 Å². The Balaban J connectivity index is 1.34. The Morgan fingerprint density at radius 2 is 1.88 bits per heavy atom. The van der Waals surface area contributed by atoms with Crippen LogP contribution in [0.5, 0.6) is 0 Å².